The molecule has 0 aromatic carbocycles. The number of nitrogens with zero attached hydrogens (tertiary/aromatic N) is 4. The first kappa shape index (κ1) is 17.5. The normalized spacial score (nSPS) is 16.0. The third-order valence-corrected chi connectivity index (χ3v) is 4.71. The van der Waals surface area contributed by atoms with Crippen LogP contribution in [0.1, 0.15) is 31.0 Å². The Bertz CT molecular complexity index is 733. The van der Waals surface area contributed by atoms with E-state index in [-0.39, 0.29) is 0 Å². The van der Waals surface area contributed by atoms with Crippen molar-refractivity contribution in [2.75, 3.05) is 25.0 Å². The average Bonchev–Trinajstić information content (AvgIpc) is 2.60. The minimum absolute atomic E-state index is 0.450. The Morgan fingerprint density at radius 1 is 1.24 bits per heavy atom. The Labute approximate surface area is 150 Å². The summed E-state index contributed by atoms with van der Waals surface area (Å²) in [5.41, 5.74) is 4.15. The fourth-order valence-electron chi connectivity index (χ4n) is 3.19. The van der Waals surface area contributed by atoms with Gasteiger partial charge in [-0.25, -0.2) is 9.97 Å². The number of piperidine rings is 1. The molecule has 1 N–H and O–H groups in total. The van der Waals surface area contributed by atoms with Crippen molar-refractivity contribution < 1.29 is 0 Å². The molecule has 0 atom stereocenters. The molecule has 132 valence electrons. The van der Waals surface area contributed by atoms with E-state index in [0.717, 1.165) is 55.2 Å². The van der Waals surface area contributed by atoms with Crippen LogP contribution >= 0.6 is 0 Å². The summed E-state index contributed by atoms with van der Waals surface area (Å²) < 4.78 is 0. The van der Waals surface area contributed by atoms with Gasteiger partial charge in [-0.1, -0.05) is 18.2 Å². The Morgan fingerprint density at radius 3 is 2.64 bits per heavy atom. The van der Waals surface area contributed by atoms with Crippen LogP contribution in [0.25, 0.3) is 11.5 Å². The van der Waals surface area contributed by atoms with E-state index >= 15 is 0 Å². The predicted octanol–water partition coefficient (Wildman–Crippen LogP) is 3.61. The molecule has 3 rings (SSSR count). The molecule has 0 saturated carbocycles. The summed E-state index contributed by atoms with van der Waals surface area (Å²) in [4.78, 5) is 16.2. The van der Waals surface area contributed by atoms with Gasteiger partial charge in [-0.15, -0.1) is 0 Å². The zero-order valence-electron chi connectivity index (χ0n) is 15.4. The molecule has 1 aliphatic rings. The van der Waals surface area contributed by atoms with Crippen LogP contribution in [0.5, 0.6) is 0 Å². The van der Waals surface area contributed by atoms with Gasteiger partial charge in [0.1, 0.15) is 11.5 Å². The van der Waals surface area contributed by atoms with Crippen molar-refractivity contribution in [2.24, 2.45) is 0 Å². The third-order valence-electron chi connectivity index (χ3n) is 4.71. The van der Waals surface area contributed by atoms with E-state index in [1.807, 2.05) is 25.1 Å². The second-order valence-corrected chi connectivity index (χ2v) is 6.97. The minimum Gasteiger partial charge on any atom is -0.367 e. The number of likely N-dealkylation sites (tertiary alicyclic amines) is 1. The van der Waals surface area contributed by atoms with Crippen molar-refractivity contribution in [3.8, 4) is 11.5 Å². The lowest BCUT2D eigenvalue weighted by molar-refractivity contribution is 0.235. The monoisotopic (exact) mass is 337 g/mol. The standard InChI is InChI=1S/C20H27N5/c1-14(2)13-25-11-8-17(9-12-25)23-19-15(3)16(4)22-20(24-19)18-7-5-6-10-21-18/h5-7,10,17H,1,8-9,11-13H2,2-4H3,(H,22,23,24). The van der Waals surface area contributed by atoms with Crippen LogP contribution in [0.4, 0.5) is 5.82 Å². The maximum atomic E-state index is 4.75. The Kier molecular flexibility index (Phi) is 5.43. The van der Waals surface area contributed by atoms with Crippen LogP contribution in [0, 0.1) is 13.8 Å². The molecular weight excluding hydrogens is 310 g/mol. The highest BCUT2D eigenvalue weighted by Crippen LogP contribution is 2.23. The fourth-order valence-corrected chi connectivity index (χ4v) is 3.19. The molecule has 1 saturated heterocycles. The Hall–Kier alpha value is -2.27. The Balaban J connectivity index is 1.72. The van der Waals surface area contributed by atoms with Crippen LogP contribution in [0.2, 0.25) is 0 Å². The van der Waals surface area contributed by atoms with Gasteiger partial charge in [-0.3, -0.25) is 9.88 Å². The van der Waals surface area contributed by atoms with Crippen molar-refractivity contribution >= 4 is 5.82 Å². The zero-order chi connectivity index (χ0) is 17.8. The number of anilines is 1. The van der Waals surface area contributed by atoms with Crippen molar-refractivity contribution in [1.29, 1.82) is 0 Å². The molecular formula is C20H27N5. The van der Waals surface area contributed by atoms with Gasteiger partial charge < -0.3 is 5.32 Å². The van der Waals surface area contributed by atoms with Crippen LogP contribution in [-0.2, 0) is 0 Å². The molecule has 5 heteroatoms. The molecule has 3 heterocycles. The quantitative estimate of drug-likeness (QED) is 0.845. The van der Waals surface area contributed by atoms with Gasteiger partial charge in [0.05, 0.1) is 0 Å². The van der Waals surface area contributed by atoms with E-state index in [9.17, 15) is 0 Å². The molecule has 0 bridgehead atoms. The van der Waals surface area contributed by atoms with E-state index in [4.69, 9.17) is 4.98 Å². The summed E-state index contributed by atoms with van der Waals surface area (Å²) in [6, 6.07) is 6.27. The first-order chi connectivity index (χ1) is 12.0. The van der Waals surface area contributed by atoms with Crippen molar-refractivity contribution in [1.82, 2.24) is 19.9 Å². The highest BCUT2D eigenvalue weighted by Gasteiger charge is 2.20. The smallest absolute Gasteiger partial charge is 0.180 e. The highest BCUT2D eigenvalue weighted by atomic mass is 15.2. The average molecular weight is 337 g/mol. The van der Waals surface area contributed by atoms with Crippen molar-refractivity contribution in [3.05, 3.63) is 47.8 Å². The third kappa shape index (κ3) is 4.42. The summed E-state index contributed by atoms with van der Waals surface area (Å²) >= 11 is 0. The van der Waals surface area contributed by atoms with E-state index in [1.165, 1.54) is 5.57 Å². The molecule has 1 aliphatic heterocycles. The van der Waals surface area contributed by atoms with Gasteiger partial charge in [-0.2, -0.15) is 0 Å². The second-order valence-electron chi connectivity index (χ2n) is 6.97. The van der Waals surface area contributed by atoms with Gasteiger partial charge >= 0.3 is 0 Å². The zero-order valence-corrected chi connectivity index (χ0v) is 15.4. The fraction of sp³-hybridized carbons (Fsp3) is 0.450. The van der Waals surface area contributed by atoms with E-state index in [1.54, 1.807) is 6.20 Å². The van der Waals surface area contributed by atoms with Crippen LogP contribution in [0.15, 0.2) is 36.5 Å². The first-order valence-corrected chi connectivity index (χ1v) is 8.93. The number of hydrogen-bond acceptors (Lipinski definition) is 5. The maximum Gasteiger partial charge on any atom is 0.180 e. The van der Waals surface area contributed by atoms with Crippen LogP contribution in [-0.4, -0.2) is 45.5 Å². The molecule has 2 aromatic heterocycles. The molecule has 0 unspecified atom stereocenters. The van der Waals surface area contributed by atoms with Crippen molar-refractivity contribution in [2.45, 2.75) is 39.7 Å². The lowest BCUT2D eigenvalue weighted by atomic mass is 10.0. The molecule has 0 amide bonds. The summed E-state index contributed by atoms with van der Waals surface area (Å²) in [7, 11) is 0. The number of aromatic nitrogens is 3. The predicted molar refractivity (Wildman–Crippen MR) is 103 cm³/mol. The number of aryl methyl sites for hydroxylation is 1. The summed E-state index contributed by atoms with van der Waals surface area (Å²) in [5.74, 6) is 1.62. The molecule has 0 aliphatic carbocycles. The number of pyridine rings is 1. The molecule has 2 aromatic rings. The second kappa shape index (κ2) is 7.74. The van der Waals surface area contributed by atoms with Gasteiger partial charge in [0.25, 0.3) is 0 Å². The van der Waals surface area contributed by atoms with Gasteiger partial charge in [0.2, 0.25) is 0 Å². The van der Waals surface area contributed by atoms with E-state index in [0.29, 0.717) is 11.9 Å². The summed E-state index contributed by atoms with van der Waals surface area (Å²) in [5, 5.41) is 3.65. The molecule has 0 radical (unpaired) electrons. The van der Waals surface area contributed by atoms with Crippen LogP contribution < -0.4 is 5.32 Å². The number of rotatable bonds is 5. The summed E-state index contributed by atoms with van der Waals surface area (Å²) in [6.07, 6.45) is 4.02. The number of hydrogen-bond donors (Lipinski definition) is 1. The molecule has 25 heavy (non-hydrogen) atoms. The molecule has 5 nitrogen and oxygen atoms in total. The largest absolute Gasteiger partial charge is 0.367 e. The van der Waals surface area contributed by atoms with Gasteiger partial charge in [0.15, 0.2) is 5.82 Å². The van der Waals surface area contributed by atoms with Crippen LogP contribution in [0.3, 0.4) is 0 Å². The molecule has 0 spiro atoms. The number of nitrogens with one attached hydrogen (secondary N) is 1. The SMILES string of the molecule is C=C(C)CN1CCC(Nc2nc(-c3ccccn3)nc(C)c2C)CC1. The molecule has 1 fully saturated rings. The topological polar surface area (TPSA) is 53.9 Å². The maximum absolute atomic E-state index is 4.75. The van der Waals surface area contributed by atoms with E-state index in [2.05, 4.69) is 40.6 Å². The van der Waals surface area contributed by atoms with E-state index < -0.39 is 0 Å². The lowest BCUT2D eigenvalue weighted by Crippen LogP contribution is -2.40. The van der Waals surface area contributed by atoms with Crippen molar-refractivity contribution in [3.63, 3.8) is 0 Å². The minimum atomic E-state index is 0.450. The van der Waals surface area contributed by atoms with Gasteiger partial charge in [-0.05, 0) is 45.7 Å². The lowest BCUT2D eigenvalue weighted by Gasteiger charge is -2.33. The Morgan fingerprint density at radius 2 is 2.00 bits per heavy atom. The first-order valence-electron chi connectivity index (χ1n) is 8.93. The van der Waals surface area contributed by atoms with Gasteiger partial charge in [0, 0.05) is 43.1 Å². The summed E-state index contributed by atoms with van der Waals surface area (Å²) in [6.45, 7) is 13.4. The highest BCUT2D eigenvalue weighted by molar-refractivity contribution is 5.56.